The van der Waals surface area contributed by atoms with E-state index in [0.29, 0.717) is 37.4 Å². The molecule has 0 bridgehead atoms. The van der Waals surface area contributed by atoms with Crippen molar-refractivity contribution in [3.63, 3.8) is 0 Å². The number of alkyl halides is 3. The van der Waals surface area contributed by atoms with Crippen molar-refractivity contribution in [3.05, 3.63) is 72.3 Å². The maximum Gasteiger partial charge on any atom is 0.573 e. The first kappa shape index (κ1) is 22.6. The Hall–Kier alpha value is -3.59. The van der Waals surface area contributed by atoms with Crippen LogP contribution in [0.3, 0.4) is 0 Å². The highest BCUT2D eigenvalue weighted by Gasteiger charge is 2.31. The summed E-state index contributed by atoms with van der Waals surface area (Å²) in [5.74, 6) is -0.674. The van der Waals surface area contributed by atoms with E-state index in [9.17, 15) is 22.8 Å². The van der Waals surface area contributed by atoms with Crippen molar-refractivity contribution in [1.82, 2.24) is 9.80 Å². The number of carbonyl (C=O) groups excluding carboxylic acids is 2. The van der Waals surface area contributed by atoms with Crippen molar-refractivity contribution in [2.45, 2.75) is 6.36 Å². The highest BCUT2D eigenvalue weighted by Crippen LogP contribution is 2.24. The van der Waals surface area contributed by atoms with Gasteiger partial charge in [0.15, 0.2) is 0 Å². The van der Waals surface area contributed by atoms with Crippen molar-refractivity contribution < 1.29 is 27.5 Å². The Morgan fingerprint density at radius 2 is 1.55 bits per heavy atom. The van der Waals surface area contributed by atoms with Crippen LogP contribution in [0, 0.1) is 0 Å². The van der Waals surface area contributed by atoms with Crippen LogP contribution in [0.5, 0.6) is 5.75 Å². The molecule has 1 heterocycles. The second kappa shape index (κ2) is 9.50. The van der Waals surface area contributed by atoms with E-state index < -0.39 is 6.36 Å². The Labute approximate surface area is 188 Å². The summed E-state index contributed by atoms with van der Waals surface area (Å²) in [4.78, 5) is 28.9. The molecule has 172 valence electrons. The topological polar surface area (TPSA) is 61.9 Å². The normalized spacial score (nSPS) is 14.8. The van der Waals surface area contributed by atoms with Crippen molar-refractivity contribution >= 4 is 28.3 Å². The lowest BCUT2D eigenvalue weighted by Gasteiger charge is -2.34. The number of amides is 2. The molecule has 33 heavy (non-hydrogen) atoms. The first-order valence-corrected chi connectivity index (χ1v) is 10.4. The van der Waals surface area contributed by atoms with E-state index in [2.05, 4.69) is 10.1 Å². The largest absolute Gasteiger partial charge is 0.573 e. The molecule has 2 amide bonds. The average molecular weight is 457 g/mol. The first-order chi connectivity index (χ1) is 15.8. The monoisotopic (exact) mass is 457 g/mol. The minimum Gasteiger partial charge on any atom is -0.406 e. The fourth-order valence-electron chi connectivity index (χ4n) is 3.76. The van der Waals surface area contributed by atoms with Gasteiger partial charge in [-0.1, -0.05) is 30.3 Å². The molecule has 4 rings (SSSR count). The number of hydrogen-bond donors (Lipinski definition) is 1. The van der Waals surface area contributed by atoms with Crippen LogP contribution < -0.4 is 10.1 Å². The summed E-state index contributed by atoms with van der Waals surface area (Å²) >= 11 is 0. The smallest absolute Gasteiger partial charge is 0.406 e. The van der Waals surface area contributed by atoms with Crippen LogP contribution >= 0.6 is 0 Å². The van der Waals surface area contributed by atoms with Crippen molar-refractivity contribution in [3.8, 4) is 5.75 Å². The van der Waals surface area contributed by atoms with Crippen LogP contribution in [-0.4, -0.2) is 60.7 Å². The fraction of sp³-hybridized carbons (Fsp3) is 0.250. The number of anilines is 1. The van der Waals surface area contributed by atoms with Gasteiger partial charge in [-0.3, -0.25) is 14.5 Å². The Kier molecular flexibility index (Phi) is 6.50. The third-order valence-corrected chi connectivity index (χ3v) is 5.39. The summed E-state index contributed by atoms with van der Waals surface area (Å²) in [6.45, 7) is 2.22. The molecule has 1 saturated heterocycles. The van der Waals surface area contributed by atoms with Gasteiger partial charge >= 0.3 is 6.36 Å². The number of nitrogens with one attached hydrogen (secondary N) is 1. The number of hydrogen-bond acceptors (Lipinski definition) is 4. The molecule has 0 atom stereocenters. The second-order valence-corrected chi connectivity index (χ2v) is 7.75. The van der Waals surface area contributed by atoms with Gasteiger partial charge in [0, 0.05) is 37.4 Å². The Morgan fingerprint density at radius 1 is 0.879 bits per heavy atom. The van der Waals surface area contributed by atoms with Gasteiger partial charge in [-0.2, -0.15) is 0 Å². The van der Waals surface area contributed by atoms with E-state index in [1.165, 1.54) is 12.1 Å². The minimum absolute atomic E-state index is 0.0361. The number of carbonyl (C=O) groups is 2. The van der Waals surface area contributed by atoms with Gasteiger partial charge in [-0.15, -0.1) is 13.2 Å². The lowest BCUT2D eigenvalue weighted by molar-refractivity contribution is -0.274. The predicted octanol–water partition coefficient (Wildman–Crippen LogP) is 4.13. The molecule has 0 aliphatic carbocycles. The van der Waals surface area contributed by atoms with E-state index in [1.54, 1.807) is 4.90 Å². The predicted molar refractivity (Wildman–Crippen MR) is 118 cm³/mol. The summed E-state index contributed by atoms with van der Waals surface area (Å²) in [6.07, 6.45) is -4.76. The molecule has 3 aromatic carbocycles. The van der Waals surface area contributed by atoms with E-state index in [-0.39, 0.29) is 24.1 Å². The zero-order valence-electron chi connectivity index (χ0n) is 17.6. The zero-order chi connectivity index (χ0) is 23.4. The van der Waals surface area contributed by atoms with E-state index in [0.717, 1.165) is 22.9 Å². The van der Waals surface area contributed by atoms with Crippen LogP contribution in [0.1, 0.15) is 10.4 Å². The van der Waals surface area contributed by atoms with Crippen molar-refractivity contribution in [1.29, 1.82) is 0 Å². The first-order valence-electron chi connectivity index (χ1n) is 10.4. The molecule has 1 aliphatic rings. The number of fused-ring (bicyclic) bond motifs is 1. The molecule has 0 radical (unpaired) electrons. The molecule has 1 N–H and O–H groups in total. The summed E-state index contributed by atoms with van der Waals surface area (Å²) in [7, 11) is 0. The Morgan fingerprint density at radius 3 is 2.21 bits per heavy atom. The van der Waals surface area contributed by atoms with Crippen LogP contribution in [-0.2, 0) is 4.79 Å². The molecule has 0 unspecified atom stereocenters. The van der Waals surface area contributed by atoms with E-state index in [4.69, 9.17) is 0 Å². The van der Waals surface area contributed by atoms with Gasteiger partial charge < -0.3 is 15.0 Å². The molecule has 0 aromatic heterocycles. The number of halogens is 3. The molecule has 9 heteroatoms. The molecular formula is C24H22F3N3O3. The number of piperazine rings is 1. The standard InChI is InChI=1S/C24H22F3N3O3/c25-24(26,27)33-21-9-7-20(8-10-21)28-22(31)16-29-11-13-30(14-12-29)23(32)19-6-5-17-3-1-2-4-18(17)15-19/h1-10,15H,11-14,16H2,(H,28,31). The van der Waals surface area contributed by atoms with Gasteiger partial charge in [0.25, 0.3) is 5.91 Å². The number of rotatable bonds is 5. The lowest BCUT2D eigenvalue weighted by atomic mass is 10.1. The van der Waals surface area contributed by atoms with Gasteiger partial charge in [-0.05, 0) is 47.2 Å². The third-order valence-electron chi connectivity index (χ3n) is 5.39. The zero-order valence-corrected chi connectivity index (χ0v) is 17.6. The third kappa shape index (κ3) is 6.01. The van der Waals surface area contributed by atoms with Crippen molar-refractivity contribution in [2.24, 2.45) is 0 Å². The highest BCUT2D eigenvalue weighted by molar-refractivity contribution is 5.98. The van der Waals surface area contributed by atoms with Crippen LogP contribution in [0.15, 0.2) is 66.7 Å². The summed E-state index contributed by atoms with van der Waals surface area (Å²) in [6, 6.07) is 18.5. The maximum absolute atomic E-state index is 12.9. The van der Waals surface area contributed by atoms with Crippen LogP contribution in [0.25, 0.3) is 10.8 Å². The number of nitrogens with zero attached hydrogens (tertiary/aromatic N) is 2. The summed E-state index contributed by atoms with van der Waals surface area (Å²) < 4.78 is 40.5. The van der Waals surface area contributed by atoms with Gasteiger partial charge in [0.05, 0.1) is 6.54 Å². The molecule has 3 aromatic rings. The molecule has 0 saturated carbocycles. The molecule has 1 fully saturated rings. The van der Waals surface area contributed by atoms with Gasteiger partial charge in [0.2, 0.25) is 5.91 Å². The fourth-order valence-corrected chi connectivity index (χ4v) is 3.76. The molecule has 1 aliphatic heterocycles. The average Bonchev–Trinajstić information content (AvgIpc) is 2.79. The second-order valence-electron chi connectivity index (χ2n) is 7.75. The summed E-state index contributed by atoms with van der Waals surface area (Å²) in [5, 5.41) is 4.75. The minimum atomic E-state index is -4.76. The maximum atomic E-state index is 12.9. The van der Waals surface area contributed by atoms with Gasteiger partial charge in [0.1, 0.15) is 5.75 Å². The Bertz CT molecular complexity index is 1140. The van der Waals surface area contributed by atoms with Crippen LogP contribution in [0.2, 0.25) is 0 Å². The Balaban J connectivity index is 1.26. The SMILES string of the molecule is O=C(CN1CCN(C(=O)c2ccc3ccccc3c2)CC1)Nc1ccc(OC(F)(F)F)cc1. The van der Waals surface area contributed by atoms with E-state index >= 15 is 0 Å². The van der Waals surface area contributed by atoms with E-state index in [1.807, 2.05) is 47.4 Å². The lowest BCUT2D eigenvalue weighted by Crippen LogP contribution is -2.50. The molecule has 0 spiro atoms. The van der Waals surface area contributed by atoms with Gasteiger partial charge in [-0.25, -0.2) is 0 Å². The molecule has 6 nitrogen and oxygen atoms in total. The quantitative estimate of drug-likeness (QED) is 0.626. The summed E-state index contributed by atoms with van der Waals surface area (Å²) in [5.41, 5.74) is 1.01. The van der Waals surface area contributed by atoms with Crippen molar-refractivity contribution in [2.75, 3.05) is 38.0 Å². The highest BCUT2D eigenvalue weighted by atomic mass is 19.4. The number of benzene rings is 3. The molecular weight excluding hydrogens is 435 g/mol. The number of ether oxygens (including phenoxy) is 1. The van der Waals surface area contributed by atoms with Crippen LogP contribution in [0.4, 0.5) is 18.9 Å².